The van der Waals surface area contributed by atoms with Crippen molar-refractivity contribution in [3.63, 3.8) is 0 Å². The zero-order valence-corrected chi connectivity index (χ0v) is 18.6. The minimum atomic E-state index is 0. The van der Waals surface area contributed by atoms with E-state index in [0.29, 0.717) is 30.9 Å². The largest absolute Gasteiger partial charge is 0.377 e. The number of hydrogen-bond donors (Lipinski definition) is 2. The zero-order valence-electron chi connectivity index (χ0n) is 17.0. The Balaban J connectivity index is 0.00000150. The molecule has 2 aromatic heterocycles. The summed E-state index contributed by atoms with van der Waals surface area (Å²) in [5.74, 6) is 2.74. The Kier molecular flexibility index (Phi) is 8.58. The van der Waals surface area contributed by atoms with Crippen LogP contribution in [-0.4, -0.2) is 33.1 Å². The van der Waals surface area contributed by atoms with E-state index in [9.17, 15) is 0 Å². The first kappa shape index (κ1) is 23.7. The van der Waals surface area contributed by atoms with Gasteiger partial charge in [0.05, 0.1) is 6.54 Å². The Morgan fingerprint density at radius 1 is 1.07 bits per heavy atom. The van der Waals surface area contributed by atoms with Crippen molar-refractivity contribution in [2.75, 3.05) is 12.4 Å². The van der Waals surface area contributed by atoms with Crippen molar-refractivity contribution in [2.45, 2.75) is 70.6 Å². The van der Waals surface area contributed by atoms with Gasteiger partial charge < -0.3 is 15.8 Å². The summed E-state index contributed by atoms with van der Waals surface area (Å²) >= 11 is 0. The fourth-order valence-electron chi connectivity index (χ4n) is 4.01. The van der Waals surface area contributed by atoms with E-state index in [1.165, 1.54) is 24.1 Å². The van der Waals surface area contributed by atoms with E-state index in [0.717, 1.165) is 48.7 Å². The summed E-state index contributed by atoms with van der Waals surface area (Å²) in [5.41, 5.74) is 10.7. The van der Waals surface area contributed by atoms with Gasteiger partial charge in [0.2, 0.25) is 0 Å². The van der Waals surface area contributed by atoms with E-state index in [1.807, 2.05) is 6.07 Å². The predicted octanol–water partition coefficient (Wildman–Crippen LogP) is 3.26. The summed E-state index contributed by atoms with van der Waals surface area (Å²) in [7, 11) is 1.66. The highest BCUT2D eigenvalue weighted by molar-refractivity contribution is 5.85. The fourth-order valence-corrected chi connectivity index (χ4v) is 4.01. The van der Waals surface area contributed by atoms with Crippen LogP contribution in [-0.2, 0) is 30.7 Å². The highest BCUT2D eigenvalue weighted by atomic mass is 35.5. The molecule has 4 rings (SSSR count). The monoisotopic (exact) mass is 440 g/mol. The number of nitrogens with zero attached hydrogens (tertiary/aromatic N) is 4. The third-order valence-electron chi connectivity index (χ3n) is 5.52. The Hall–Kier alpha value is -1.54. The smallest absolute Gasteiger partial charge is 0.156 e. The molecule has 2 aliphatic rings. The quantitative estimate of drug-likeness (QED) is 0.710. The summed E-state index contributed by atoms with van der Waals surface area (Å²) in [5, 5.41) is 3.39. The Bertz CT molecular complexity index is 829. The number of fused-ring (bicyclic) bond motifs is 1. The summed E-state index contributed by atoms with van der Waals surface area (Å²) in [6, 6.07) is 2.32. The molecule has 0 aromatic carbocycles. The fraction of sp³-hybridized carbons (Fsp3) is 0.600. The maximum atomic E-state index is 5.95. The SMILES string of the molecule is COCc1nc(NCc2nc(C)c3c(n2)CCCC3)cc(C2CC(N)C2)n1.Cl.Cl. The average molecular weight is 441 g/mol. The molecule has 3 N–H and O–H groups in total. The lowest BCUT2D eigenvalue weighted by Crippen LogP contribution is -2.35. The van der Waals surface area contributed by atoms with Crippen LogP contribution >= 0.6 is 24.8 Å². The van der Waals surface area contributed by atoms with Crippen molar-refractivity contribution >= 4 is 30.6 Å². The molecular weight excluding hydrogens is 411 g/mol. The van der Waals surface area contributed by atoms with Crippen molar-refractivity contribution in [3.05, 3.63) is 40.4 Å². The molecule has 0 atom stereocenters. The molecule has 0 bridgehead atoms. The molecule has 7 nitrogen and oxygen atoms in total. The minimum Gasteiger partial charge on any atom is -0.377 e. The summed E-state index contributed by atoms with van der Waals surface area (Å²) in [4.78, 5) is 18.7. The molecular formula is C20H30Cl2N6O. The minimum absolute atomic E-state index is 0. The third-order valence-corrected chi connectivity index (χ3v) is 5.52. The normalized spacial score (nSPS) is 20.0. The molecule has 1 fully saturated rings. The van der Waals surface area contributed by atoms with Crippen LogP contribution < -0.4 is 11.1 Å². The lowest BCUT2D eigenvalue weighted by Gasteiger charge is -2.32. The second-order valence-corrected chi connectivity index (χ2v) is 7.67. The molecule has 9 heteroatoms. The van der Waals surface area contributed by atoms with Gasteiger partial charge in [-0.25, -0.2) is 19.9 Å². The van der Waals surface area contributed by atoms with Crippen molar-refractivity contribution in [1.82, 2.24) is 19.9 Å². The van der Waals surface area contributed by atoms with Gasteiger partial charge in [0.25, 0.3) is 0 Å². The van der Waals surface area contributed by atoms with Crippen LogP contribution in [0.4, 0.5) is 5.82 Å². The van der Waals surface area contributed by atoms with E-state index in [-0.39, 0.29) is 24.8 Å². The maximum Gasteiger partial charge on any atom is 0.156 e. The van der Waals surface area contributed by atoms with Gasteiger partial charge in [-0.05, 0) is 51.0 Å². The van der Waals surface area contributed by atoms with Crippen LogP contribution in [0.25, 0.3) is 0 Å². The van der Waals surface area contributed by atoms with Crippen LogP contribution in [0.5, 0.6) is 0 Å². The second-order valence-electron chi connectivity index (χ2n) is 7.67. The van der Waals surface area contributed by atoms with Gasteiger partial charge in [-0.1, -0.05) is 0 Å². The number of ether oxygens (including phenoxy) is 1. The van der Waals surface area contributed by atoms with Gasteiger partial charge in [0.15, 0.2) is 5.82 Å². The van der Waals surface area contributed by atoms with E-state index in [2.05, 4.69) is 22.2 Å². The Morgan fingerprint density at radius 3 is 2.55 bits per heavy atom. The van der Waals surface area contributed by atoms with E-state index in [4.69, 9.17) is 20.4 Å². The molecule has 2 aliphatic carbocycles. The number of rotatable bonds is 6. The van der Waals surface area contributed by atoms with Crippen molar-refractivity contribution < 1.29 is 4.74 Å². The lowest BCUT2D eigenvalue weighted by molar-refractivity contribution is 0.177. The van der Waals surface area contributed by atoms with Gasteiger partial charge in [0, 0.05) is 42.2 Å². The number of methoxy groups -OCH3 is 1. The van der Waals surface area contributed by atoms with Gasteiger partial charge in [-0.15, -0.1) is 24.8 Å². The highest BCUT2D eigenvalue weighted by Crippen LogP contribution is 2.35. The molecule has 2 heterocycles. The van der Waals surface area contributed by atoms with Crippen LogP contribution in [0.2, 0.25) is 0 Å². The molecule has 0 radical (unpaired) electrons. The van der Waals surface area contributed by atoms with Crippen LogP contribution in [0.15, 0.2) is 6.07 Å². The topological polar surface area (TPSA) is 98.8 Å². The van der Waals surface area contributed by atoms with Gasteiger partial charge in [0.1, 0.15) is 18.2 Å². The van der Waals surface area contributed by atoms with E-state index < -0.39 is 0 Å². The van der Waals surface area contributed by atoms with Gasteiger partial charge >= 0.3 is 0 Å². The molecule has 29 heavy (non-hydrogen) atoms. The van der Waals surface area contributed by atoms with Crippen molar-refractivity contribution in [3.8, 4) is 0 Å². The van der Waals surface area contributed by atoms with Crippen molar-refractivity contribution in [2.24, 2.45) is 5.73 Å². The summed E-state index contributed by atoms with van der Waals surface area (Å²) < 4.78 is 5.23. The van der Waals surface area contributed by atoms with Crippen molar-refractivity contribution in [1.29, 1.82) is 0 Å². The predicted molar refractivity (Wildman–Crippen MR) is 118 cm³/mol. The zero-order chi connectivity index (χ0) is 18.8. The number of nitrogens with two attached hydrogens (primary N) is 1. The first-order valence-corrected chi connectivity index (χ1v) is 9.84. The number of aromatic nitrogens is 4. The molecule has 160 valence electrons. The first-order valence-electron chi connectivity index (χ1n) is 9.84. The van der Waals surface area contributed by atoms with Crippen LogP contribution in [0.3, 0.4) is 0 Å². The third kappa shape index (κ3) is 5.54. The molecule has 0 unspecified atom stereocenters. The second kappa shape index (κ2) is 10.5. The number of halogens is 2. The summed E-state index contributed by atoms with van der Waals surface area (Å²) in [6.45, 7) is 3.05. The highest BCUT2D eigenvalue weighted by Gasteiger charge is 2.29. The first-order chi connectivity index (χ1) is 13.1. The molecule has 0 saturated heterocycles. The standard InChI is InChI=1S/C20H28N6O.2ClH/c1-12-15-5-3-4-6-16(15)24-19(23-12)10-22-18-9-17(13-7-14(21)8-13)25-20(26-18)11-27-2;;/h9,13-14H,3-8,10-11,21H2,1-2H3,(H,22,25,26);2*1H. The molecule has 2 aromatic rings. The van der Waals surface area contributed by atoms with E-state index in [1.54, 1.807) is 7.11 Å². The molecule has 0 amide bonds. The number of nitrogens with one attached hydrogen (secondary N) is 1. The lowest BCUT2D eigenvalue weighted by atomic mass is 9.78. The van der Waals surface area contributed by atoms with Gasteiger partial charge in [-0.3, -0.25) is 0 Å². The number of aryl methyl sites for hydroxylation is 2. The molecule has 1 saturated carbocycles. The molecule has 0 spiro atoms. The number of anilines is 1. The Morgan fingerprint density at radius 2 is 1.83 bits per heavy atom. The van der Waals surface area contributed by atoms with Crippen LogP contribution in [0, 0.1) is 6.92 Å². The molecule has 0 aliphatic heterocycles. The average Bonchev–Trinajstić information content (AvgIpc) is 2.64. The van der Waals surface area contributed by atoms with Gasteiger partial charge in [-0.2, -0.15) is 0 Å². The summed E-state index contributed by atoms with van der Waals surface area (Å²) in [6.07, 6.45) is 6.59. The van der Waals surface area contributed by atoms with E-state index >= 15 is 0 Å². The maximum absolute atomic E-state index is 5.95. The number of hydrogen-bond acceptors (Lipinski definition) is 7. The Labute approximate surface area is 184 Å². The van der Waals surface area contributed by atoms with Crippen LogP contribution in [0.1, 0.15) is 65.9 Å².